The Morgan fingerprint density at radius 3 is 2.71 bits per heavy atom. The summed E-state index contributed by atoms with van der Waals surface area (Å²) in [4.78, 5) is 29.8. The average Bonchev–Trinajstić information content (AvgIpc) is 3.32. The minimum atomic E-state index is -1.04. The van der Waals surface area contributed by atoms with Gasteiger partial charge in [0.25, 0.3) is 11.5 Å². The van der Waals surface area contributed by atoms with E-state index in [0.29, 0.717) is 30.9 Å². The zero-order valence-electron chi connectivity index (χ0n) is 16.7. The van der Waals surface area contributed by atoms with E-state index in [4.69, 9.17) is 0 Å². The van der Waals surface area contributed by atoms with E-state index in [0.717, 1.165) is 0 Å². The normalized spacial score (nSPS) is 24.5. The zero-order chi connectivity index (χ0) is 21.7. The number of amides is 1. The number of hydrogen-bond donors (Lipinski definition) is 3. The zero-order valence-corrected chi connectivity index (χ0v) is 16.7. The fourth-order valence-electron chi connectivity index (χ4n) is 3.68. The summed E-state index contributed by atoms with van der Waals surface area (Å²) in [6.45, 7) is 0. The van der Waals surface area contributed by atoms with Crippen molar-refractivity contribution < 1.29 is 13.6 Å². The number of aromatic nitrogens is 4. The number of fused-ring (bicyclic) bond motifs is 1. The third-order valence-electron chi connectivity index (χ3n) is 5.75. The first kappa shape index (κ1) is 19.5. The summed E-state index contributed by atoms with van der Waals surface area (Å²) in [7, 11) is 1.69. The van der Waals surface area contributed by atoms with Gasteiger partial charge in [-0.1, -0.05) is 0 Å². The molecule has 162 valence electrons. The summed E-state index contributed by atoms with van der Waals surface area (Å²) in [5.74, 6) is 0.375. The first-order valence-corrected chi connectivity index (χ1v) is 10.1. The van der Waals surface area contributed by atoms with Gasteiger partial charge < -0.3 is 20.5 Å². The Morgan fingerprint density at radius 1 is 1.26 bits per heavy atom. The van der Waals surface area contributed by atoms with E-state index in [1.807, 2.05) is 0 Å². The van der Waals surface area contributed by atoms with E-state index in [1.54, 1.807) is 31.4 Å². The van der Waals surface area contributed by atoms with Crippen LogP contribution < -0.4 is 21.5 Å². The summed E-state index contributed by atoms with van der Waals surface area (Å²) in [6, 6.07) is 3.94. The van der Waals surface area contributed by atoms with E-state index >= 15 is 0 Å². The molecule has 0 saturated heterocycles. The van der Waals surface area contributed by atoms with Gasteiger partial charge in [-0.15, -0.1) is 0 Å². The molecule has 0 aliphatic heterocycles. The molecule has 11 heteroatoms. The molecule has 31 heavy (non-hydrogen) atoms. The predicted octanol–water partition coefficient (Wildman–Crippen LogP) is 2.19. The van der Waals surface area contributed by atoms with Gasteiger partial charge in [-0.2, -0.15) is 9.61 Å². The molecule has 0 unspecified atom stereocenters. The number of halogens is 2. The lowest BCUT2D eigenvalue weighted by Gasteiger charge is -2.30. The molecule has 4 atom stereocenters. The Morgan fingerprint density at radius 2 is 2.06 bits per heavy atom. The molecule has 0 spiro atoms. The van der Waals surface area contributed by atoms with Crippen molar-refractivity contribution in [2.45, 2.75) is 43.7 Å². The molecule has 3 heterocycles. The highest BCUT2D eigenvalue weighted by Crippen LogP contribution is 2.37. The van der Waals surface area contributed by atoms with Crippen molar-refractivity contribution in [1.82, 2.24) is 24.5 Å². The minimum absolute atomic E-state index is 0.197. The second-order valence-corrected chi connectivity index (χ2v) is 7.82. The maximum absolute atomic E-state index is 13.6. The molecule has 3 aromatic heterocycles. The number of hydrogen-bond acceptors (Lipinski definition) is 6. The van der Waals surface area contributed by atoms with E-state index in [9.17, 15) is 18.4 Å². The number of alkyl halides is 2. The fraction of sp³-hybridized carbons (Fsp3) is 0.400. The summed E-state index contributed by atoms with van der Waals surface area (Å²) >= 11 is 0. The molecular weight excluding hydrogens is 408 g/mol. The van der Waals surface area contributed by atoms with Crippen molar-refractivity contribution in [3.8, 4) is 0 Å². The summed E-state index contributed by atoms with van der Waals surface area (Å²) < 4.78 is 29.8. The van der Waals surface area contributed by atoms with Gasteiger partial charge in [-0.25, -0.2) is 13.8 Å². The Balaban J connectivity index is 1.48. The number of nitrogens with zero attached hydrogens (tertiary/aromatic N) is 4. The summed E-state index contributed by atoms with van der Waals surface area (Å²) in [5.41, 5.74) is 0.332. The van der Waals surface area contributed by atoms with Gasteiger partial charge in [0.05, 0.1) is 18.3 Å². The van der Waals surface area contributed by atoms with Crippen LogP contribution in [-0.2, 0) is 0 Å². The second-order valence-electron chi connectivity index (χ2n) is 7.82. The molecule has 1 amide bonds. The van der Waals surface area contributed by atoms with Crippen molar-refractivity contribution in [3.63, 3.8) is 0 Å². The molecule has 0 bridgehead atoms. The molecule has 0 radical (unpaired) electrons. The average molecular weight is 429 g/mol. The molecule has 3 aromatic rings. The van der Waals surface area contributed by atoms with Gasteiger partial charge in [0.2, 0.25) is 0 Å². The number of pyridine rings is 1. The topological polar surface area (TPSA) is 105 Å². The SMILES string of the molecule is CNc1cc(Nc2cccn([C@@H]3C[C@H]3F)c2=O)nc2c(C(=O)N[C@@H]3CC[C@H]3F)cnn12. The molecule has 2 aliphatic carbocycles. The monoisotopic (exact) mass is 429 g/mol. The molecule has 2 saturated carbocycles. The molecule has 9 nitrogen and oxygen atoms in total. The molecule has 3 N–H and O–H groups in total. The van der Waals surface area contributed by atoms with Crippen LogP contribution in [0.1, 0.15) is 35.7 Å². The highest BCUT2D eigenvalue weighted by molar-refractivity contribution is 6.00. The Labute approximate surface area is 175 Å². The van der Waals surface area contributed by atoms with Crippen molar-refractivity contribution >= 4 is 28.9 Å². The van der Waals surface area contributed by atoms with Gasteiger partial charge in [0.15, 0.2) is 5.65 Å². The molecule has 5 rings (SSSR count). The van der Waals surface area contributed by atoms with E-state index in [1.165, 1.54) is 15.3 Å². The van der Waals surface area contributed by atoms with Crippen molar-refractivity contribution in [2.75, 3.05) is 17.7 Å². The lowest BCUT2D eigenvalue weighted by molar-refractivity contribution is 0.0826. The molecule has 2 aliphatic rings. The van der Waals surface area contributed by atoms with Crippen LogP contribution in [-0.4, -0.2) is 50.5 Å². The van der Waals surface area contributed by atoms with Crippen LogP contribution in [0.5, 0.6) is 0 Å². The molecule has 0 aromatic carbocycles. The third-order valence-corrected chi connectivity index (χ3v) is 5.75. The number of nitrogens with one attached hydrogen (secondary N) is 3. The molecular formula is C20H21F2N7O2. The first-order chi connectivity index (χ1) is 15.0. The Kier molecular flexibility index (Phi) is 4.60. The third kappa shape index (κ3) is 3.39. The highest BCUT2D eigenvalue weighted by Gasteiger charge is 2.40. The minimum Gasteiger partial charge on any atom is -0.373 e. The van der Waals surface area contributed by atoms with E-state index in [-0.39, 0.29) is 22.5 Å². The van der Waals surface area contributed by atoms with E-state index < -0.39 is 30.3 Å². The smallest absolute Gasteiger partial charge is 0.274 e. The number of rotatable bonds is 6. The Bertz CT molecular complexity index is 1220. The lowest BCUT2D eigenvalue weighted by atomic mass is 9.90. The van der Waals surface area contributed by atoms with Crippen LogP contribution in [0.25, 0.3) is 5.65 Å². The summed E-state index contributed by atoms with van der Waals surface area (Å²) in [6.07, 6.45) is 2.24. The Hall–Kier alpha value is -3.50. The van der Waals surface area contributed by atoms with Gasteiger partial charge >= 0.3 is 0 Å². The quantitative estimate of drug-likeness (QED) is 0.555. The largest absolute Gasteiger partial charge is 0.373 e. The fourth-order valence-corrected chi connectivity index (χ4v) is 3.68. The number of carbonyl (C=O) groups excluding carboxylic acids is 1. The van der Waals surface area contributed by atoms with Crippen molar-refractivity contribution in [2.24, 2.45) is 0 Å². The van der Waals surface area contributed by atoms with E-state index in [2.05, 4.69) is 26.0 Å². The molecule has 2 fully saturated rings. The van der Waals surface area contributed by atoms with Crippen LogP contribution in [0.15, 0.2) is 35.4 Å². The lowest BCUT2D eigenvalue weighted by Crippen LogP contribution is -2.48. The van der Waals surface area contributed by atoms with Crippen LogP contribution >= 0.6 is 0 Å². The van der Waals surface area contributed by atoms with Gasteiger partial charge in [0, 0.05) is 25.7 Å². The van der Waals surface area contributed by atoms with Crippen LogP contribution in [0.2, 0.25) is 0 Å². The van der Waals surface area contributed by atoms with Gasteiger partial charge in [-0.05, 0) is 25.0 Å². The predicted molar refractivity (Wildman–Crippen MR) is 110 cm³/mol. The van der Waals surface area contributed by atoms with Gasteiger partial charge in [-0.3, -0.25) is 9.59 Å². The van der Waals surface area contributed by atoms with Crippen LogP contribution in [0.3, 0.4) is 0 Å². The maximum atomic E-state index is 13.6. The standard InChI is InChI=1S/C20H21F2N7O2/c1-23-17-8-16(25-14-3-2-6-28(20(14)31)15-7-12(15)22)27-18-10(9-24-29(17)18)19(30)26-13-5-4-11(13)21/h2-3,6,8-9,11-13,15,23H,4-5,7H2,1H3,(H,25,27)(H,26,30)/t11-,12-,13-,15-/m1/s1. The highest BCUT2D eigenvalue weighted by atomic mass is 19.1. The van der Waals surface area contributed by atoms with Crippen LogP contribution in [0.4, 0.5) is 26.1 Å². The van der Waals surface area contributed by atoms with Crippen molar-refractivity contribution in [3.05, 3.63) is 46.5 Å². The maximum Gasteiger partial charge on any atom is 0.274 e. The van der Waals surface area contributed by atoms with Crippen LogP contribution in [0, 0.1) is 0 Å². The number of anilines is 3. The van der Waals surface area contributed by atoms with Gasteiger partial charge in [0.1, 0.15) is 35.2 Å². The second kappa shape index (κ2) is 7.33. The first-order valence-electron chi connectivity index (χ1n) is 10.1. The number of carbonyl (C=O) groups is 1. The summed E-state index contributed by atoms with van der Waals surface area (Å²) in [5, 5.41) is 12.8. The van der Waals surface area contributed by atoms with Crippen molar-refractivity contribution in [1.29, 1.82) is 0 Å².